The van der Waals surface area contributed by atoms with Crippen LogP contribution in [-0.2, 0) is 0 Å². The molecule has 0 atom stereocenters. The number of halogens is 1. The first kappa shape index (κ1) is 15.1. The molecule has 21 heavy (non-hydrogen) atoms. The largest absolute Gasteiger partial charge is 0.330 e. The van der Waals surface area contributed by atoms with Gasteiger partial charge in [-0.25, -0.2) is 4.39 Å². The molecule has 4 nitrogen and oxygen atoms in total. The summed E-state index contributed by atoms with van der Waals surface area (Å²) in [5.74, 6) is -0.582. The maximum absolute atomic E-state index is 13.4. The number of nitrogens with zero attached hydrogens (tertiary/aromatic N) is 2. The first-order valence-electron chi connectivity index (χ1n) is 6.82. The number of aromatic nitrogens is 1. The van der Waals surface area contributed by atoms with Crippen molar-refractivity contribution in [2.75, 3.05) is 18.0 Å². The average molecular weight is 287 g/mol. The maximum Gasteiger partial charge on any atom is 0.259 e. The average Bonchev–Trinajstić information content (AvgIpc) is 2.48. The van der Waals surface area contributed by atoms with Crippen molar-refractivity contribution in [3.63, 3.8) is 0 Å². The summed E-state index contributed by atoms with van der Waals surface area (Å²) in [5, 5.41) is 0. The molecule has 1 aromatic heterocycles. The minimum atomic E-state index is -0.375. The predicted octanol–water partition coefficient (Wildman–Crippen LogP) is 2.52. The number of benzene rings is 1. The van der Waals surface area contributed by atoms with Crippen LogP contribution in [0, 0.1) is 12.7 Å². The fourth-order valence-corrected chi connectivity index (χ4v) is 1.99. The quantitative estimate of drug-likeness (QED) is 0.919. The normalized spacial score (nSPS) is 10.4. The molecule has 1 heterocycles. The predicted molar refractivity (Wildman–Crippen MR) is 80.7 cm³/mol. The number of hydrogen-bond acceptors (Lipinski definition) is 3. The van der Waals surface area contributed by atoms with Crippen LogP contribution < -0.4 is 10.6 Å². The molecular weight excluding hydrogens is 269 g/mol. The Labute approximate surface area is 123 Å². The summed E-state index contributed by atoms with van der Waals surface area (Å²) in [4.78, 5) is 18.3. The van der Waals surface area contributed by atoms with Crippen LogP contribution in [0.15, 0.2) is 42.6 Å². The molecule has 0 spiro atoms. The number of carbonyl (C=O) groups excluding carboxylic acids is 1. The molecule has 0 aliphatic carbocycles. The van der Waals surface area contributed by atoms with Crippen LogP contribution in [0.2, 0.25) is 0 Å². The van der Waals surface area contributed by atoms with Gasteiger partial charge in [0.2, 0.25) is 0 Å². The van der Waals surface area contributed by atoms with Crippen molar-refractivity contribution >= 4 is 11.6 Å². The van der Waals surface area contributed by atoms with Crippen LogP contribution in [0.3, 0.4) is 0 Å². The zero-order valence-electron chi connectivity index (χ0n) is 11.9. The zero-order valence-corrected chi connectivity index (χ0v) is 11.9. The molecule has 0 saturated heterocycles. The van der Waals surface area contributed by atoms with Crippen molar-refractivity contribution in [2.24, 2.45) is 5.73 Å². The molecule has 0 aliphatic rings. The molecule has 2 rings (SSSR count). The fraction of sp³-hybridized carbons (Fsp3) is 0.250. The van der Waals surface area contributed by atoms with Gasteiger partial charge in [0, 0.05) is 24.1 Å². The van der Waals surface area contributed by atoms with Gasteiger partial charge in [-0.3, -0.25) is 9.78 Å². The number of aryl methyl sites for hydroxylation is 1. The van der Waals surface area contributed by atoms with Gasteiger partial charge in [-0.1, -0.05) is 6.07 Å². The molecule has 1 aromatic carbocycles. The van der Waals surface area contributed by atoms with Gasteiger partial charge in [0.1, 0.15) is 5.82 Å². The standard InChI is InChI=1S/C16H18FN3O/c1-12-6-7-13(11-19-12)16(21)20(9-3-8-18)15-5-2-4-14(17)10-15/h2,4-7,10-11H,3,8-9,18H2,1H3. The van der Waals surface area contributed by atoms with Gasteiger partial charge < -0.3 is 10.6 Å². The molecule has 0 fully saturated rings. The fourth-order valence-electron chi connectivity index (χ4n) is 1.99. The number of hydrogen-bond donors (Lipinski definition) is 1. The van der Waals surface area contributed by atoms with Gasteiger partial charge in [-0.15, -0.1) is 0 Å². The second-order valence-electron chi connectivity index (χ2n) is 4.77. The number of amides is 1. The van der Waals surface area contributed by atoms with E-state index in [4.69, 9.17) is 5.73 Å². The number of anilines is 1. The third-order valence-corrected chi connectivity index (χ3v) is 3.11. The van der Waals surface area contributed by atoms with Crippen LogP contribution in [-0.4, -0.2) is 24.0 Å². The summed E-state index contributed by atoms with van der Waals surface area (Å²) in [6.45, 7) is 2.75. The Morgan fingerprint density at radius 3 is 2.76 bits per heavy atom. The first-order chi connectivity index (χ1) is 10.1. The van der Waals surface area contributed by atoms with Gasteiger partial charge >= 0.3 is 0 Å². The van der Waals surface area contributed by atoms with Crippen molar-refractivity contribution in [1.82, 2.24) is 4.98 Å². The lowest BCUT2D eigenvalue weighted by Gasteiger charge is -2.22. The Morgan fingerprint density at radius 1 is 1.33 bits per heavy atom. The van der Waals surface area contributed by atoms with E-state index in [0.717, 1.165) is 5.69 Å². The molecule has 0 aliphatic heterocycles. The molecule has 110 valence electrons. The van der Waals surface area contributed by atoms with E-state index in [1.807, 2.05) is 6.92 Å². The molecule has 0 bridgehead atoms. The van der Waals surface area contributed by atoms with Gasteiger partial charge in [0.25, 0.3) is 5.91 Å². The summed E-state index contributed by atoms with van der Waals surface area (Å²) < 4.78 is 13.4. The summed E-state index contributed by atoms with van der Waals surface area (Å²) >= 11 is 0. The number of rotatable bonds is 5. The Morgan fingerprint density at radius 2 is 2.14 bits per heavy atom. The molecule has 5 heteroatoms. The molecule has 0 radical (unpaired) electrons. The third kappa shape index (κ3) is 3.86. The SMILES string of the molecule is Cc1ccc(C(=O)N(CCCN)c2cccc(F)c2)cn1. The van der Waals surface area contributed by atoms with Crippen molar-refractivity contribution in [1.29, 1.82) is 0 Å². The Kier molecular flexibility index (Phi) is 5.00. The lowest BCUT2D eigenvalue weighted by atomic mass is 10.2. The highest BCUT2D eigenvalue weighted by atomic mass is 19.1. The summed E-state index contributed by atoms with van der Waals surface area (Å²) in [6.07, 6.45) is 2.17. The number of nitrogens with two attached hydrogens (primary N) is 1. The van der Waals surface area contributed by atoms with Gasteiger partial charge in [-0.2, -0.15) is 0 Å². The highest BCUT2D eigenvalue weighted by Gasteiger charge is 2.18. The molecule has 2 aromatic rings. The second kappa shape index (κ2) is 6.95. The van der Waals surface area contributed by atoms with Gasteiger partial charge in [0.05, 0.1) is 5.56 Å². The van der Waals surface area contributed by atoms with Crippen LogP contribution in [0.25, 0.3) is 0 Å². The summed E-state index contributed by atoms with van der Waals surface area (Å²) in [7, 11) is 0. The Balaban J connectivity index is 2.31. The smallest absolute Gasteiger partial charge is 0.259 e. The van der Waals surface area contributed by atoms with Crippen LogP contribution in [0.4, 0.5) is 10.1 Å². The topological polar surface area (TPSA) is 59.2 Å². The van der Waals surface area contributed by atoms with Crippen molar-refractivity contribution in [3.05, 3.63) is 59.7 Å². The van der Waals surface area contributed by atoms with Crippen molar-refractivity contribution in [2.45, 2.75) is 13.3 Å². The van der Waals surface area contributed by atoms with Gasteiger partial charge in [-0.05, 0) is 50.2 Å². The van der Waals surface area contributed by atoms with Crippen molar-refractivity contribution < 1.29 is 9.18 Å². The molecule has 0 saturated carbocycles. The van der Waals surface area contributed by atoms with E-state index >= 15 is 0 Å². The minimum Gasteiger partial charge on any atom is -0.330 e. The van der Waals surface area contributed by atoms with Crippen LogP contribution in [0.1, 0.15) is 22.5 Å². The highest BCUT2D eigenvalue weighted by molar-refractivity contribution is 6.05. The van der Waals surface area contributed by atoms with Crippen molar-refractivity contribution in [3.8, 4) is 0 Å². The van der Waals surface area contributed by atoms with Crippen LogP contribution >= 0.6 is 0 Å². The highest BCUT2D eigenvalue weighted by Crippen LogP contribution is 2.18. The lowest BCUT2D eigenvalue weighted by molar-refractivity contribution is 0.0986. The molecule has 2 N–H and O–H groups in total. The number of pyridine rings is 1. The Bertz CT molecular complexity index is 613. The van der Waals surface area contributed by atoms with E-state index in [1.54, 1.807) is 24.3 Å². The molecular formula is C16H18FN3O. The third-order valence-electron chi connectivity index (χ3n) is 3.11. The minimum absolute atomic E-state index is 0.207. The van der Waals surface area contributed by atoms with Crippen LogP contribution in [0.5, 0.6) is 0 Å². The summed E-state index contributed by atoms with van der Waals surface area (Å²) in [6, 6.07) is 9.48. The summed E-state index contributed by atoms with van der Waals surface area (Å²) in [5.41, 5.74) is 7.35. The number of carbonyl (C=O) groups is 1. The molecule has 0 unspecified atom stereocenters. The second-order valence-corrected chi connectivity index (χ2v) is 4.77. The lowest BCUT2D eigenvalue weighted by Crippen LogP contribution is -2.33. The zero-order chi connectivity index (χ0) is 15.2. The Hall–Kier alpha value is -2.27. The van der Waals surface area contributed by atoms with E-state index < -0.39 is 0 Å². The maximum atomic E-state index is 13.4. The van der Waals surface area contributed by atoms with E-state index in [1.165, 1.54) is 23.2 Å². The van der Waals surface area contributed by atoms with Gasteiger partial charge in [0.15, 0.2) is 0 Å². The van der Waals surface area contributed by atoms with E-state index in [-0.39, 0.29) is 11.7 Å². The first-order valence-corrected chi connectivity index (χ1v) is 6.82. The van der Waals surface area contributed by atoms with E-state index in [0.29, 0.717) is 30.8 Å². The van der Waals surface area contributed by atoms with E-state index in [9.17, 15) is 9.18 Å². The molecule has 1 amide bonds. The van der Waals surface area contributed by atoms with E-state index in [2.05, 4.69) is 4.98 Å². The monoisotopic (exact) mass is 287 g/mol.